The van der Waals surface area contributed by atoms with Crippen LogP contribution in [0.15, 0.2) is 12.2 Å². The molecule has 0 saturated heterocycles. The van der Waals surface area contributed by atoms with Crippen molar-refractivity contribution in [3.05, 3.63) is 12.2 Å². The first-order valence-corrected chi connectivity index (χ1v) is 30.5. The van der Waals surface area contributed by atoms with Crippen molar-refractivity contribution in [2.75, 3.05) is 6.61 Å². The van der Waals surface area contributed by atoms with E-state index in [9.17, 15) is 20.1 Å². The van der Waals surface area contributed by atoms with Crippen LogP contribution < -0.4 is 5.32 Å². The number of unbranched alkanes of at least 4 members (excludes halogenated alkanes) is 46. The van der Waals surface area contributed by atoms with Gasteiger partial charge in [0.2, 0.25) is 5.91 Å². The van der Waals surface area contributed by atoms with E-state index in [0.717, 1.165) is 25.7 Å². The summed E-state index contributed by atoms with van der Waals surface area (Å²) in [7, 11) is 0. The molecule has 0 aliphatic rings. The lowest BCUT2D eigenvalue weighted by molar-refractivity contribution is -0.125. The number of allylic oxidation sites excluding steroid dienone is 2. The molecule has 5 nitrogen and oxygen atoms in total. The van der Waals surface area contributed by atoms with E-state index in [1.807, 2.05) is 0 Å². The summed E-state index contributed by atoms with van der Waals surface area (Å²) >= 11 is 0. The highest BCUT2D eigenvalue weighted by Crippen LogP contribution is 2.19. The van der Waals surface area contributed by atoms with Gasteiger partial charge in [-0.1, -0.05) is 315 Å². The van der Waals surface area contributed by atoms with Crippen molar-refractivity contribution >= 4 is 5.91 Å². The number of rotatable bonds is 57. The molecule has 0 fully saturated rings. The first-order valence-electron chi connectivity index (χ1n) is 30.5. The monoisotopic (exact) mass is 932 g/mol. The molecule has 0 aliphatic carbocycles. The Hall–Kier alpha value is -0.910. The van der Waals surface area contributed by atoms with Gasteiger partial charge in [0.1, 0.15) is 0 Å². The molecular formula is C61H121NO4. The summed E-state index contributed by atoms with van der Waals surface area (Å²) in [6.07, 6.45) is 71.0. The molecule has 3 unspecified atom stereocenters. The highest BCUT2D eigenvalue weighted by Gasteiger charge is 2.21. The van der Waals surface area contributed by atoms with Gasteiger partial charge in [-0.05, 0) is 38.5 Å². The third kappa shape index (κ3) is 52.5. The minimum Gasteiger partial charge on any atom is -0.394 e. The van der Waals surface area contributed by atoms with Crippen molar-refractivity contribution in [3.63, 3.8) is 0 Å². The van der Waals surface area contributed by atoms with Gasteiger partial charge in [0, 0.05) is 0 Å². The highest BCUT2D eigenvalue weighted by atomic mass is 16.3. The van der Waals surface area contributed by atoms with Gasteiger partial charge in [0.05, 0.1) is 31.3 Å². The number of hydrogen-bond acceptors (Lipinski definition) is 4. The molecular weight excluding hydrogens is 811 g/mol. The fourth-order valence-corrected chi connectivity index (χ4v) is 9.93. The lowest BCUT2D eigenvalue weighted by Gasteiger charge is -2.23. The number of aliphatic hydroxyl groups excluding tert-OH is 3. The van der Waals surface area contributed by atoms with Crippen LogP contribution in [0.1, 0.15) is 348 Å². The van der Waals surface area contributed by atoms with Crippen molar-refractivity contribution < 1.29 is 20.1 Å². The first-order chi connectivity index (χ1) is 32.5. The zero-order chi connectivity index (χ0) is 47.9. The average molecular weight is 933 g/mol. The molecule has 3 atom stereocenters. The summed E-state index contributed by atoms with van der Waals surface area (Å²) in [5, 5.41) is 33.7. The fraction of sp³-hybridized carbons (Fsp3) is 0.951. The number of nitrogens with one attached hydrogen (secondary N) is 1. The molecule has 0 aromatic rings. The second-order valence-electron chi connectivity index (χ2n) is 21.3. The van der Waals surface area contributed by atoms with Crippen LogP contribution in [-0.2, 0) is 4.79 Å². The van der Waals surface area contributed by atoms with Gasteiger partial charge in [0.15, 0.2) is 0 Å². The van der Waals surface area contributed by atoms with Crippen LogP contribution >= 0.6 is 0 Å². The van der Waals surface area contributed by atoms with Crippen LogP contribution in [-0.4, -0.2) is 46.1 Å². The quantitative estimate of drug-likeness (QED) is 0.0361. The fourth-order valence-electron chi connectivity index (χ4n) is 9.93. The van der Waals surface area contributed by atoms with Gasteiger partial charge in [-0.3, -0.25) is 4.79 Å². The van der Waals surface area contributed by atoms with E-state index >= 15 is 0 Å². The largest absolute Gasteiger partial charge is 0.394 e. The van der Waals surface area contributed by atoms with Gasteiger partial charge in [-0.15, -0.1) is 0 Å². The topological polar surface area (TPSA) is 89.8 Å². The van der Waals surface area contributed by atoms with Crippen molar-refractivity contribution in [1.29, 1.82) is 0 Å². The minimum atomic E-state index is -0.747. The Kier molecular flexibility index (Phi) is 55.9. The predicted octanol–water partition coefficient (Wildman–Crippen LogP) is 19.1. The van der Waals surface area contributed by atoms with Crippen LogP contribution in [0.2, 0.25) is 0 Å². The Balaban J connectivity index is 3.47. The standard InChI is InChI=1S/C61H121NO4/c1-3-5-7-9-11-13-15-17-19-21-23-25-26-27-28-29-30-31-32-33-34-35-36-38-40-42-44-46-48-50-52-54-58(64)56-61(66)62-59(57-63)60(65)55-53-51-49-47-45-43-41-39-37-24-22-20-18-16-14-12-10-8-6-4-2/h27-28,58-60,63-65H,3-26,29-57H2,1-2H3,(H,62,66)/b28-27-. The summed E-state index contributed by atoms with van der Waals surface area (Å²) < 4.78 is 0. The van der Waals surface area contributed by atoms with Gasteiger partial charge in [-0.2, -0.15) is 0 Å². The van der Waals surface area contributed by atoms with Crippen LogP contribution in [0.25, 0.3) is 0 Å². The Bertz CT molecular complexity index is 940. The lowest BCUT2D eigenvalue weighted by Crippen LogP contribution is -2.46. The van der Waals surface area contributed by atoms with Crippen molar-refractivity contribution in [2.45, 2.75) is 366 Å². The molecule has 0 saturated carbocycles. The zero-order valence-corrected chi connectivity index (χ0v) is 45.1. The minimum absolute atomic E-state index is 0.0414. The average Bonchev–Trinajstić information content (AvgIpc) is 3.31. The van der Waals surface area contributed by atoms with Crippen molar-refractivity contribution in [1.82, 2.24) is 5.32 Å². The van der Waals surface area contributed by atoms with Crippen LogP contribution in [0, 0.1) is 0 Å². The van der Waals surface area contributed by atoms with E-state index in [1.165, 1.54) is 289 Å². The van der Waals surface area contributed by atoms with E-state index in [-0.39, 0.29) is 18.9 Å². The van der Waals surface area contributed by atoms with Gasteiger partial charge < -0.3 is 20.6 Å². The Labute approximate surface area is 414 Å². The van der Waals surface area contributed by atoms with E-state index < -0.39 is 18.2 Å². The molecule has 0 aromatic carbocycles. The SMILES string of the molecule is CCCCCCCCCCCCCC/C=C\CCCCCCCCCCCCCCCCCC(O)CC(=O)NC(CO)C(O)CCCCCCCCCCCCCCCCCCCCCC. The third-order valence-electron chi connectivity index (χ3n) is 14.6. The second-order valence-corrected chi connectivity index (χ2v) is 21.3. The maximum absolute atomic E-state index is 12.6. The third-order valence-corrected chi connectivity index (χ3v) is 14.6. The second kappa shape index (κ2) is 56.7. The molecule has 1 amide bonds. The van der Waals surface area contributed by atoms with E-state index in [4.69, 9.17) is 0 Å². The maximum Gasteiger partial charge on any atom is 0.222 e. The molecule has 0 heterocycles. The number of carbonyl (C=O) groups is 1. The van der Waals surface area contributed by atoms with E-state index in [0.29, 0.717) is 12.8 Å². The van der Waals surface area contributed by atoms with Gasteiger partial charge in [0.25, 0.3) is 0 Å². The molecule has 394 valence electrons. The molecule has 0 radical (unpaired) electrons. The zero-order valence-electron chi connectivity index (χ0n) is 45.1. The summed E-state index contributed by atoms with van der Waals surface area (Å²) in [6.45, 7) is 4.31. The van der Waals surface area contributed by atoms with E-state index in [1.54, 1.807) is 0 Å². The molecule has 66 heavy (non-hydrogen) atoms. The van der Waals surface area contributed by atoms with Crippen LogP contribution in [0.4, 0.5) is 0 Å². The summed E-state index contributed by atoms with van der Waals surface area (Å²) in [5.74, 6) is -0.275. The smallest absolute Gasteiger partial charge is 0.222 e. The lowest BCUT2D eigenvalue weighted by atomic mass is 10.0. The normalized spacial score (nSPS) is 13.2. The summed E-state index contributed by atoms with van der Waals surface area (Å²) in [6, 6.07) is -0.656. The molecule has 0 spiro atoms. The number of aliphatic hydroxyl groups is 3. The molecule has 0 aromatic heterocycles. The Morgan fingerprint density at radius 3 is 0.879 bits per heavy atom. The van der Waals surface area contributed by atoms with E-state index in [2.05, 4.69) is 31.3 Å². The molecule has 5 heteroatoms. The molecule has 0 bridgehead atoms. The Morgan fingerprint density at radius 1 is 0.364 bits per heavy atom. The van der Waals surface area contributed by atoms with Crippen LogP contribution in [0.3, 0.4) is 0 Å². The summed E-state index contributed by atoms with van der Waals surface area (Å²) in [4.78, 5) is 12.6. The first kappa shape index (κ1) is 65.1. The maximum atomic E-state index is 12.6. The van der Waals surface area contributed by atoms with Gasteiger partial charge in [-0.25, -0.2) is 0 Å². The Morgan fingerprint density at radius 2 is 0.606 bits per heavy atom. The summed E-state index contributed by atoms with van der Waals surface area (Å²) in [5.41, 5.74) is 0. The van der Waals surface area contributed by atoms with Crippen LogP contribution in [0.5, 0.6) is 0 Å². The molecule has 0 rings (SSSR count). The molecule has 4 N–H and O–H groups in total. The van der Waals surface area contributed by atoms with Crippen molar-refractivity contribution in [3.8, 4) is 0 Å². The van der Waals surface area contributed by atoms with Gasteiger partial charge >= 0.3 is 0 Å². The molecule has 0 aliphatic heterocycles. The van der Waals surface area contributed by atoms with Crippen molar-refractivity contribution in [2.24, 2.45) is 0 Å². The number of amides is 1. The number of carbonyl (C=O) groups excluding carboxylic acids is 1. The predicted molar refractivity (Wildman–Crippen MR) is 292 cm³/mol. The number of hydrogen-bond donors (Lipinski definition) is 4. The highest BCUT2D eigenvalue weighted by molar-refractivity contribution is 5.76.